The molecule has 0 aliphatic carbocycles. The van der Waals surface area contributed by atoms with Crippen LogP contribution >= 0.6 is 0 Å². The lowest BCUT2D eigenvalue weighted by atomic mass is 10.00. The molecular formula is C27H28N2O3. The fraction of sp³-hybridized carbons (Fsp3) is 0.259. The highest BCUT2D eigenvalue weighted by Crippen LogP contribution is 2.31. The molecular weight excluding hydrogens is 400 g/mol. The van der Waals surface area contributed by atoms with Crippen molar-refractivity contribution in [2.75, 3.05) is 23.4 Å². The van der Waals surface area contributed by atoms with Gasteiger partial charge in [-0.1, -0.05) is 44.2 Å². The third kappa shape index (κ3) is 4.99. The summed E-state index contributed by atoms with van der Waals surface area (Å²) in [5.41, 5.74) is 4.58. The lowest BCUT2D eigenvalue weighted by Gasteiger charge is -2.30. The van der Waals surface area contributed by atoms with Crippen molar-refractivity contribution in [1.29, 1.82) is 0 Å². The Hall–Kier alpha value is -3.60. The lowest BCUT2D eigenvalue weighted by molar-refractivity contribution is -0.118. The second kappa shape index (κ2) is 9.69. The van der Waals surface area contributed by atoms with Gasteiger partial charge in [-0.2, -0.15) is 0 Å². The van der Waals surface area contributed by atoms with Crippen LogP contribution in [-0.2, 0) is 11.2 Å². The van der Waals surface area contributed by atoms with E-state index in [2.05, 4.69) is 19.2 Å². The van der Waals surface area contributed by atoms with Crippen molar-refractivity contribution >= 4 is 23.2 Å². The van der Waals surface area contributed by atoms with E-state index in [1.165, 1.54) is 5.56 Å². The second-order valence-electron chi connectivity index (χ2n) is 8.33. The number of nitrogens with one attached hydrogen (secondary N) is 1. The molecule has 2 amide bonds. The van der Waals surface area contributed by atoms with Crippen molar-refractivity contribution < 1.29 is 14.3 Å². The van der Waals surface area contributed by atoms with Gasteiger partial charge in [-0.3, -0.25) is 9.59 Å². The van der Waals surface area contributed by atoms with E-state index in [1.54, 1.807) is 0 Å². The summed E-state index contributed by atoms with van der Waals surface area (Å²) in [6.07, 6.45) is 1.76. The van der Waals surface area contributed by atoms with E-state index in [4.69, 9.17) is 4.74 Å². The molecule has 0 unspecified atom stereocenters. The molecule has 1 aliphatic heterocycles. The number of benzene rings is 3. The highest BCUT2D eigenvalue weighted by Gasteiger charge is 2.23. The number of ether oxygens (including phenoxy) is 1. The van der Waals surface area contributed by atoms with Crippen LogP contribution in [0.5, 0.6) is 5.75 Å². The highest BCUT2D eigenvalue weighted by atomic mass is 16.5. The molecule has 5 heteroatoms. The molecule has 0 spiro atoms. The molecule has 0 fully saturated rings. The van der Waals surface area contributed by atoms with Crippen LogP contribution in [0.1, 0.15) is 47.7 Å². The number of nitrogens with zero attached hydrogens (tertiary/aromatic N) is 1. The topological polar surface area (TPSA) is 58.6 Å². The predicted octanol–water partition coefficient (Wildman–Crippen LogP) is 5.42. The lowest BCUT2D eigenvalue weighted by Crippen LogP contribution is -2.35. The Morgan fingerprint density at radius 3 is 2.47 bits per heavy atom. The van der Waals surface area contributed by atoms with E-state index in [1.807, 2.05) is 77.7 Å². The zero-order chi connectivity index (χ0) is 22.5. The normalized spacial score (nSPS) is 12.9. The zero-order valence-electron chi connectivity index (χ0n) is 18.5. The number of fused-ring (bicyclic) bond motifs is 1. The van der Waals surface area contributed by atoms with Crippen molar-refractivity contribution in [2.24, 2.45) is 0 Å². The minimum atomic E-state index is -0.217. The standard InChI is InChI=1S/C27H28N2O3/c1-19(2)20-10-13-24(14-11-20)32-18-26(30)28-23-12-15-25-22(17-23)9-6-16-29(25)27(31)21-7-4-3-5-8-21/h3-5,7-8,10-15,17,19H,6,9,16,18H2,1-2H3,(H,28,30). The fourth-order valence-corrected chi connectivity index (χ4v) is 3.92. The van der Waals surface area contributed by atoms with Crippen LogP contribution in [0.25, 0.3) is 0 Å². The SMILES string of the molecule is CC(C)c1ccc(OCC(=O)Nc2ccc3c(c2)CCCN3C(=O)c2ccccc2)cc1. The van der Waals surface area contributed by atoms with Crippen LogP contribution < -0.4 is 15.0 Å². The van der Waals surface area contributed by atoms with E-state index < -0.39 is 0 Å². The van der Waals surface area contributed by atoms with E-state index in [-0.39, 0.29) is 18.4 Å². The van der Waals surface area contributed by atoms with Gasteiger partial charge in [0.2, 0.25) is 0 Å². The van der Waals surface area contributed by atoms with Gasteiger partial charge in [0, 0.05) is 23.5 Å². The van der Waals surface area contributed by atoms with Crippen LogP contribution in [0, 0.1) is 0 Å². The Morgan fingerprint density at radius 1 is 1.00 bits per heavy atom. The summed E-state index contributed by atoms with van der Waals surface area (Å²) >= 11 is 0. The first-order chi connectivity index (χ1) is 15.5. The van der Waals surface area contributed by atoms with Gasteiger partial charge >= 0.3 is 0 Å². The molecule has 0 bridgehead atoms. The average molecular weight is 429 g/mol. The minimum absolute atomic E-state index is 0.000205. The van der Waals surface area contributed by atoms with Gasteiger partial charge in [0.25, 0.3) is 11.8 Å². The van der Waals surface area contributed by atoms with Gasteiger partial charge < -0.3 is 15.0 Å². The van der Waals surface area contributed by atoms with E-state index in [9.17, 15) is 9.59 Å². The van der Waals surface area contributed by atoms with Crippen molar-refractivity contribution in [1.82, 2.24) is 0 Å². The molecule has 0 saturated carbocycles. The Bertz CT molecular complexity index is 1090. The summed E-state index contributed by atoms with van der Waals surface area (Å²) in [6.45, 7) is 4.91. The molecule has 164 valence electrons. The quantitative estimate of drug-likeness (QED) is 0.570. The number of rotatable bonds is 6. The first-order valence-electron chi connectivity index (χ1n) is 11.0. The van der Waals surface area contributed by atoms with Gasteiger partial charge in [0.15, 0.2) is 6.61 Å². The highest BCUT2D eigenvalue weighted by molar-refractivity contribution is 6.07. The zero-order valence-corrected chi connectivity index (χ0v) is 18.5. The van der Waals surface area contributed by atoms with Crippen LogP contribution in [-0.4, -0.2) is 25.0 Å². The van der Waals surface area contributed by atoms with E-state index in [0.717, 1.165) is 24.1 Å². The van der Waals surface area contributed by atoms with E-state index >= 15 is 0 Å². The Labute approximate surface area is 189 Å². The third-order valence-corrected chi connectivity index (χ3v) is 5.66. The van der Waals surface area contributed by atoms with Gasteiger partial charge in [-0.05, 0) is 72.4 Å². The monoisotopic (exact) mass is 428 g/mol. The molecule has 4 rings (SSSR count). The third-order valence-electron chi connectivity index (χ3n) is 5.66. The number of hydrogen-bond donors (Lipinski definition) is 1. The Morgan fingerprint density at radius 2 is 1.75 bits per heavy atom. The van der Waals surface area contributed by atoms with Crippen LogP contribution in [0.3, 0.4) is 0 Å². The summed E-state index contributed by atoms with van der Waals surface area (Å²) < 4.78 is 5.62. The van der Waals surface area contributed by atoms with Gasteiger partial charge in [0.1, 0.15) is 5.75 Å². The van der Waals surface area contributed by atoms with E-state index in [0.29, 0.717) is 29.5 Å². The average Bonchev–Trinajstić information content (AvgIpc) is 2.82. The van der Waals surface area contributed by atoms with Gasteiger partial charge in [-0.25, -0.2) is 0 Å². The molecule has 1 N–H and O–H groups in total. The molecule has 5 nitrogen and oxygen atoms in total. The fourth-order valence-electron chi connectivity index (χ4n) is 3.92. The number of amides is 2. The van der Waals surface area contributed by atoms with Crippen molar-refractivity contribution in [3.05, 3.63) is 89.5 Å². The van der Waals surface area contributed by atoms with Gasteiger partial charge in [0.05, 0.1) is 0 Å². The number of aryl methyl sites for hydroxylation is 1. The molecule has 32 heavy (non-hydrogen) atoms. The van der Waals surface area contributed by atoms with Crippen molar-refractivity contribution in [3.8, 4) is 5.75 Å². The molecule has 1 aliphatic rings. The Balaban J connectivity index is 1.39. The van der Waals surface area contributed by atoms with Gasteiger partial charge in [-0.15, -0.1) is 0 Å². The molecule has 0 radical (unpaired) electrons. The predicted molar refractivity (Wildman–Crippen MR) is 128 cm³/mol. The number of hydrogen-bond acceptors (Lipinski definition) is 3. The summed E-state index contributed by atoms with van der Waals surface area (Å²) in [5, 5.41) is 2.90. The molecule has 0 aromatic heterocycles. The number of anilines is 2. The molecule has 3 aromatic carbocycles. The largest absolute Gasteiger partial charge is 0.484 e. The first kappa shape index (κ1) is 21.6. The first-order valence-corrected chi connectivity index (χ1v) is 11.0. The number of carbonyl (C=O) groups excluding carboxylic acids is 2. The summed E-state index contributed by atoms with van der Waals surface area (Å²) in [4.78, 5) is 27.2. The number of carbonyl (C=O) groups is 2. The van der Waals surface area contributed by atoms with Crippen LogP contribution in [0.4, 0.5) is 11.4 Å². The Kier molecular flexibility index (Phi) is 6.55. The molecule has 0 saturated heterocycles. The summed E-state index contributed by atoms with van der Waals surface area (Å²) in [6, 6.07) is 22.8. The molecule has 0 atom stereocenters. The van der Waals surface area contributed by atoms with Crippen molar-refractivity contribution in [2.45, 2.75) is 32.6 Å². The maximum atomic E-state index is 12.9. The molecule has 3 aromatic rings. The van der Waals surface area contributed by atoms with Crippen LogP contribution in [0.15, 0.2) is 72.8 Å². The smallest absolute Gasteiger partial charge is 0.262 e. The minimum Gasteiger partial charge on any atom is -0.484 e. The summed E-state index contributed by atoms with van der Waals surface area (Å²) in [7, 11) is 0. The van der Waals surface area contributed by atoms with Crippen LogP contribution in [0.2, 0.25) is 0 Å². The van der Waals surface area contributed by atoms with Crippen molar-refractivity contribution in [3.63, 3.8) is 0 Å². The molecule has 1 heterocycles. The maximum Gasteiger partial charge on any atom is 0.262 e. The maximum absolute atomic E-state index is 12.9. The second-order valence-corrected chi connectivity index (χ2v) is 8.33. The summed E-state index contributed by atoms with van der Waals surface area (Å²) in [5.74, 6) is 0.909.